The van der Waals surface area contributed by atoms with E-state index in [9.17, 15) is 18.0 Å². The maximum Gasteiger partial charge on any atom is 0.358 e. The predicted molar refractivity (Wildman–Crippen MR) is 112 cm³/mol. The van der Waals surface area contributed by atoms with E-state index in [1.165, 1.54) is 11.3 Å². The van der Waals surface area contributed by atoms with Gasteiger partial charge in [0, 0.05) is 24.0 Å². The topological polar surface area (TPSA) is 106 Å². The summed E-state index contributed by atoms with van der Waals surface area (Å²) in [6.45, 7) is 3.73. The van der Waals surface area contributed by atoms with Crippen LogP contribution in [-0.4, -0.2) is 66.9 Å². The number of nitrogens with one attached hydrogen (secondary N) is 1. The fourth-order valence-electron chi connectivity index (χ4n) is 3.94. The number of ether oxygens (including phenoxy) is 1. The maximum atomic E-state index is 12.9. The molecule has 2 heterocycles. The van der Waals surface area contributed by atoms with Gasteiger partial charge in [-0.25, -0.2) is 18.2 Å². The number of hydrogen-bond donors (Lipinski definition) is 1. The minimum absolute atomic E-state index is 0.00634. The van der Waals surface area contributed by atoms with Crippen molar-refractivity contribution in [3.8, 4) is 0 Å². The highest BCUT2D eigenvalue weighted by Gasteiger charge is 2.38. The number of nitrogens with zero attached hydrogens (tertiary/aromatic N) is 2. The summed E-state index contributed by atoms with van der Waals surface area (Å²) in [6.07, 6.45) is 7.02. The molecule has 2 aliphatic rings. The second-order valence-corrected chi connectivity index (χ2v) is 10.5. The highest BCUT2D eigenvalue weighted by molar-refractivity contribution is 7.91. The molecule has 1 N–H and O–H groups in total. The summed E-state index contributed by atoms with van der Waals surface area (Å²) in [6, 6.07) is -0.314. The fourth-order valence-corrected chi connectivity index (χ4v) is 6.34. The van der Waals surface area contributed by atoms with Crippen molar-refractivity contribution in [3.05, 3.63) is 23.7 Å². The average Bonchev–Trinajstić information content (AvgIpc) is 3.32. The normalized spacial score (nSPS) is 21.4. The van der Waals surface area contributed by atoms with E-state index in [2.05, 4.69) is 16.9 Å². The van der Waals surface area contributed by atoms with E-state index in [-0.39, 0.29) is 35.2 Å². The molecule has 0 radical (unpaired) electrons. The molecule has 0 unspecified atom stereocenters. The molecule has 0 aromatic carbocycles. The molecule has 1 aromatic heterocycles. The number of aromatic nitrogens is 1. The van der Waals surface area contributed by atoms with E-state index >= 15 is 0 Å². The first-order valence-electron chi connectivity index (χ1n) is 9.88. The van der Waals surface area contributed by atoms with E-state index < -0.39 is 22.4 Å². The smallest absolute Gasteiger partial charge is 0.358 e. The lowest BCUT2D eigenvalue weighted by molar-refractivity contribution is -0.140. The van der Waals surface area contributed by atoms with E-state index in [1.54, 1.807) is 16.4 Å². The van der Waals surface area contributed by atoms with Gasteiger partial charge in [-0.15, -0.1) is 17.9 Å². The van der Waals surface area contributed by atoms with Gasteiger partial charge in [-0.1, -0.05) is 25.3 Å². The Bertz CT molecular complexity index is 846. The lowest BCUT2D eigenvalue weighted by Gasteiger charge is -2.38. The average molecular weight is 442 g/mol. The number of carbonyl (C=O) groups is 2. The van der Waals surface area contributed by atoms with Crippen LogP contribution in [0.25, 0.3) is 0 Å². The van der Waals surface area contributed by atoms with E-state index in [0.29, 0.717) is 18.1 Å². The summed E-state index contributed by atoms with van der Waals surface area (Å²) in [5, 5.41) is 5.13. The monoisotopic (exact) mass is 441 g/mol. The van der Waals surface area contributed by atoms with Gasteiger partial charge in [-0.05, 0) is 19.3 Å². The summed E-state index contributed by atoms with van der Waals surface area (Å²) < 4.78 is 29.1. The van der Waals surface area contributed by atoms with Crippen molar-refractivity contribution in [2.75, 3.05) is 30.0 Å². The zero-order valence-corrected chi connectivity index (χ0v) is 18.0. The number of thiazole rings is 1. The first-order valence-corrected chi connectivity index (χ1v) is 12.6. The highest BCUT2D eigenvalue weighted by atomic mass is 32.2. The Kier molecular flexibility index (Phi) is 7.28. The Morgan fingerprint density at radius 1 is 1.28 bits per heavy atom. The standard InChI is InChI=1S/C19H27N3O5S2/c1-2-9-20-19-21-16(12-28-19)18(24)27-11-17(23)22(14-6-4-3-5-7-14)15-8-10-29(25,26)13-15/h2,12,14-15H,1,3-11,13H2,(H,20,21)/t15-/m1/s1. The Balaban J connectivity index is 1.62. The summed E-state index contributed by atoms with van der Waals surface area (Å²) in [4.78, 5) is 31.0. The van der Waals surface area contributed by atoms with Crippen molar-refractivity contribution >= 4 is 38.2 Å². The zero-order valence-electron chi connectivity index (χ0n) is 16.3. The molecular weight excluding hydrogens is 414 g/mol. The van der Waals surface area contributed by atoms with E-state index in [4.69, 9.17) is 4.74 Å². The number of anilines is 1. The van der Waals surface area contributed by atoms with Crippen LogP contribution in [0.5, 0.6) is 0 Å². The van der Waals surface area contributed by atoms with Crippen LogP contribution in [0.2, 0.25) is 0 Å². The lowest BCUT2D eigenvalue weighted by Crippen LogP contribution is -2.50. The maximum absolute atomic E-state index is 12.9. The first kappa shape index (κ1) is 21.8. The SMILES string of the molecule is C=CCNc1nc(C(=O)OCC(=O)N(C2CCCCC2)[C@@H]2CCS(=O)(=O)C2)cs1. The number of carbonyl (C=O) groups excluding carboxylic acids is 2. The molecule has 1 aliphatic carbocycles. The van der Waals surface area contributed by atoms with Crippen LogP contribution >= 0.6 is 11.3 Å². The Morgan fingerprint density at radius 2 is 2.03 bits per heavy atom. The summed E-state index contributed by atoms with van der Waals surface area (Å²) >= 11 is 1.27. The molecule has 160 valence electrons. The van der Waals surface area contributed by atoms with Crippen LogP contribution in [-0.2, 0) is 19.4 Å². The number of sulfone groups is 1. The minimum atomic E-state index is -3.12. The Labute approximate surface area is 175 Å². The minimum Gasteiger partial charge on any atom is -0.451 e. The first-order chi connectivity index (χ1) is 13.9. The van der Waals surface area contributed by atoms with Crippen LogP contribution in [0.1, 0.15) is 49.0 Å². The van der Waals surface area contributed by atoms with Gasteiger partial charge in [-0.2, -0.15) is 0 Å². The molecule has 29 heavy (non-hydrogen) atoms. The third-order valence-corrected chi connectivity index (χ3v) is 7.85. The van der Waals surface area contributed by atoms with Crippen LogP contribution in [0.4, 0.5) is 5.13 Å². The molecule has 1 saturated heterocycles. The van der Waals surface area contributed by atoms with Crippen LogP contribution < -0.4 is 5.32 Å². The van der Waals surface area contributed by atoms with Crippen molar-refractivity contribution in [1.29, 1.82) is 0 Å². The molecule has 1 amide bonds. The number of amides is 1. The van der Waals surface area contributed by atoms with Crippen molar-refractivity contribution in [3.63, 3.8) is 0 Å². The molecular formula is C19H27N3O5S2. The van der Waals surface area contributed by atoms with Crippen LogP contribution in [0, 0.1) is 0 Å². The van der Waals surface area contributed by atoms with Gasteiger partial charge in [0.2, 0.25) is 0 Å². The highest BCUT2D eigenvalue weighted by Crippen LogP contribution is 2.28. The van der Waals surface area contributed by atoms with Gasteiger partial charge >= 0.3 is 5.97 Å². The van der Waals surface area contributed by atoms with Gasteiger partial charge in [0.05, 0.1) is 11.5 Å². The van der Waals surface area contributed by atoms with E-state index in [0.717, 1.165) is 32.1 Å². The summed E-state index contributed by atoms with van der Waals surface area (Å²) in [5.41, 5.74) is 0.141. The van der Waals surface area contributed by atoms with Crippen LogP contribution in [0.3, 0.4) is 0 Å². The quantitative estimate of drug-likeness (QED) is 0.487. The van der Waals surface area contributed by atoms with Crippen molar-refractivity contribution in [2.24, 2.45) is 0 Å². The predicted octanol–water partition coefficient (Wildman–Crippen LogP) is 2.25. The number of rotatable bonds is 8. The molecule has 0 spiro atoms. The molecule has 2 fully saturated rings. The summed E-state index contributed by atoms with van der Waals surface area (Å²) in [5.74, 6) is -0.891. The van der Waals surface area contributed by atoms with Gasteiger partial charge in [0.1, 0.15) is 0 Å². The third-order valence-electron chi connectivity index (χ3n) is 5.30. The van der Waals surface area contributed by atoms with Crippen molar-refractivity contribution < 1.29 is 22.7 Å². The molecule has 8 nitrogen and oxygen atoms in total. The van der Waals surface area contributed by atoms with Gasteiger partial charge in [0.15, 0.2) is 27.3 Å². The largest absolute Gasteiger partial charge is 0.451 e. The second-order valence-electron chi connectivity index (χ2n) is 7.43. The van der Waals surface area contributed by atoms with Crippen molar-refractivity contribution in [1.82, 2.24) is 9.88 Å². The second kappa shape index (κ2) is 9.71. The fraction of sp³-hybridized carbons (Fsp3) is 0.632. The number of hydrogen-bond acceptors (Lipinski definition) is 8. The molecule has 1 aromatic rings. The van der Waals surface area contributed by atoms with Crippen LogP contribution in [0.15, 0.2) is 18.0 Å². The van der Waals surface area contributed by atoms with Crippen molar-refractivity contribution in [2.45, 2.75) is 50.6 Å². The third kappa shape index (κ3) is 5.79. The molecule has 1 atom stereocenters. The van der Waals surface area contributed by atoms with Gasteiger partial charge in [0.25, 0.3) is 5.91 Å². The molecule has 1 aliphatic heterocycles. The Hall–Kier alpha value is -1.94. The molecule has 10 heteroatoms. The Morgan fingerprint density at radius 3 is 2.69 bits per heavy atom. The lowest BCUT2D eigenvalue weighted by atomic mass is 9.93. The zero-order chi connectivity index (χ0) is 20.9. The van der Waals surface area contributed by atoms with Gasteiger partial charge < -0.3 is 15.0 Å². The number of esters is 1. The molecule has 3 rings (SSSR count). The van der Waals surface area contributed by atoms with E-state index in [1.807, 2.05) is 0 Å². The van der Waals surface area contributed by atoms with Gasteiger partial charge in [-0.3, -0.25) is 4.79 Å². The summed E-state index contributed by atoms with van der Waals surface area (Å²) in [7, 11) is -3.12. The molecule has 0 bridgehead atoms. The molecule has 1 saturated carbocycles.